The molecule has 0 saturated carbocycles. The zero-order chi connectivity index (χ0) is 15.0. The Labute approximate surface area is 126 Å². The van der Waals surface area contributed by atoms with Gasteiger partial charge in [-0.15, -0.1) is 11.3 Å². The van der Waals surface area contributed by atoms with Crippen molar-refractivity contribution in [2.45, 2.75) is 44.1 Å². The fraction of sp³-hybridized carbons (Fsp3) is 0.500. The van der Waals surface area contributed by atoms with Crippen LogP contribution in [-0.4, -0.2) is 28.7 Å². The number of hydrogen-bond donors (Lipinski definition) is 3. The summed E-state index contributed by atoms with van der Waals surface area (Å²) < 4.78 is 27.4. The minimum absolute atomic E-state index is 0.00169. The van der Waals surface area contributed by atoms with Crippen molar-refractivity contribution in [1.82, 2.24) is 15.2 Å². The third kappa shape index (κ3) is 2.68. The van der Waals surface area contributed by atoms with Crippen molar-refractivity contribution in [3.05, 3.63) is 22.0 Å². The first-order valence-corrected chi connectivity index (χ1v) is 8.97. The maximum atomic E-state index is 12.5. The molecule has 0 fully saturated rings. The fourth-order valence-electron chi connectivity index (χ4n) is 2.49. The summed E-state index contributed by atoms with van der Waals surface area (Å²) >= 11 is 1.38. The number of thiazole rings is 1. The Hall–Kier alpha value is -1.45. The van der Waals surface area contributed by atoms with Gasteiger partial charge in [-0.05, 0) is 32.6 Å². The SMILES string of the molecule is Cc1[nH]nc(CO)c1S(=O)(=O)Nc1nc2c(s1)CCCC2. The van der Waals surface area contributed by atoms with Gasteiger partial charge in [-0.25, -0.2) is 13.4 Å². The molecule has 0 aromatic carbocycles. The molecule has 0 amide bonds. The quantitative estimate of drug-likeness (QED) is 0.785. The summed E-state index contributed by atoms with van der Waals surface area (Å²) in [5.41, 5.74) is 1.50. The normalized spacial score (nSPS) is 15.0. The highest BCUT2D eigenvalue weighted by atomic mass is 32.2. The van der Waals surface area contributed by atoms with Crippen molar-refractivity contribution in [3.63, 3.8) is 0 Å². The molecule has 7 nitrogen and oxygen atoms in total. The van der Waals surface area contributed by atoms with Gasteiger partial charge in [-0.3, -0.25) is 9.82 Å². The van der Waals surface area contributed by atoms with Crippen molar-refractivity contribution in [2.24, 2.45) is 0 Å². The smallest absolute Gasteiger partial charge is 0.267 e. The zero-order valence-electron chi connectivity index (χ0n) is 11.5. The van der Waals surface area contributed by atoms with E-state index in [2.05, 4.69) is 19.9 Å². The van der Waals surface area contributed by atoms with E-state index in [1.54, 1.807) is 6.92 Å². The van der Waals surface area contributed by atoms with Crippen molar-refractivity contribution in [3.8, 4) is 0 Å². The number of nitrogens with one attached hydrogen (secondary N) is 2. The Morgan fingerprint density at radius 2 is 2.14 bits per heavy atom. The highest BCUT2D eigenvalue weighted by Crippen LogP contribution is 2.31. The molecule has 2 heterocycles. The highest BCUT2D eigenvalue weighted by molar-refractivity contribution is 7.93. The molecular formula is C12H16N4O3S2. The van der Waals surface area contributed by atoms with Crippen molar-refractivity contribution in [1.29, 1.82) is 0 Å². The van der Waals surface area contributed by atoms with Crippen LogP contribution >= 0.6 is 11.3 Å². The number of rotatable bonds is 4. The Balaban J connectivity index is 1.92. The second-order valence-corrected chi connectivity index (χ2v) is 7.69. The molecule has 2 aromatic rings. The van der Waals surface area contributed by atoms with Gasteiger partial charge in [-0.1, -0.05) is 0 Å². The Kier molecular flexibility index (Phi) is 3.72. The lowest BCUT2D eigenvalue weighted by molar-refractivity contribution is 0.273. The van der Waals surface area contributed by atoms with Crippen LogP contribution < -0.4 is 4.72 Å². The van der Waals surface area contributed by atoms with Gasteiger partial charge in [0.1, 0.15) is 10.6 Å². The maximum absolute atomic E-state index is 12.5. The average Bonchev–Trinajstić information content (AvgIpc) is 3.00. The second kappa shape index (κ2) is 5.39. The number of fused-ring (bicyclic) bond motifs is 1. The predicted molar refractivity (Wildman–Crippen MR) is 78.8 cm³/mol. The number of aromatic nitrogens is 3. The van der Waals surface area contributed by atoms with Crippen LogP contribution in [0.3, 0.4) is 0 Å². The minimum Gasteiger partial charge on any atom is -0.390 e. The summed E-state index contributed by atoms with van der Waals surface area (Å²) in [6, 6.07) is 0. The standard InChI is InChI=1S/C12H16N4O3S2/c1-7-11(9(6-17)15-14-7)21(18,19)16-12-13-8-4-2-3-5-10(8)20-12/h17H,2-6H2,1H3,(H,13,16)(H,14,15). The number of aromatic amines is 1. The molecule has 114 valence electrons. The number of nitrogens with zero attached hydrogens (tertiary/aromatic N) is 2. The molecule has 3 N–H and O–H groups in total. The monoisotopic (exact) mass is 328 g/mol. The number of anilines is 1. The van der Waals surface area contributed by atoms with Crippen LogP contribution in [0.2, 0.25) is 0 Å². The number of H-pyrrole nitrogens is 1. The van der Waals surface area contributed by atoms with E-state index in [0.717, 1.165) is 36.3 Å². The first kappa shape index (κ1) is 14.5. The maximum Gasteiger partial charge on any atom is 0.267 e. The largest absolute Gasteiger partial charge is 0.390 e. The highest BCUT2D eigenvalue weighted by Gasteiger charge is 2.26. The van der Waals surface area contributed by atoms with E-state index in [1.807, 2.05) is 0 Å². The molecule has 0 unspecified atom stereocenters. The van der Waals surface area contributed by atoms with Gasteiger partial charge in [0, 0.05) is 4.88 Å². The first-order valence-electron chi connectivity index (χ1n) is 6.67. The van der Waals surface area contributed by atoms with Gasteiger partial charge in [0.2, 0.25) is 0 Å². The van der Waals surface area contributed by atoms with E-state index in [-0.39, 0.29) is 10.6 Å². The first-order chi connectivity index (χ1) is 10.0. The van der Waals surface area contributed by atoms with Crippen molar-refractivity contribution < 1.29 is 13.5 Å². The topological polar surface area (TPSA) is 108 Å². The van der Waals surface area contributed by atoms with E-state index in [9.17, 15) is 13.5 Å². The van der Waals surface area contributed by atoms with Crippen LogP contribution in [0.5, 0.6) is 0 Å². The number of aliphatic hydroxyl groups is 1. The molecule has 1 aliphatic carbocycles. The van der Waals surface area contributed by atoms with Crippen molar-refractivity contribution >= 4 is 26.5 Å². The number of sulfonamides is 1. The molecule has 21 heavy (non-hydrogen) atoms. The van der Waals surface area contributed by atoms with Crippen LogP contribution in [-0.2, 0) is 29.5 Å². The number of aliphatic hydroxyl groups excluding tert-OH is 1. The summed E-state index contributed by atoms with van der Waals surface area (Å²) in [4.78, 5) is 5.52. The zero-order valence-corrected chi connectivity index (χ0v) is 13.1. The van der Waals surface area contributed by atoms with E-state index in [1.165, 1.54) is 11.3 Å². The molecule has 0 aliphatic heterocycles. The summed E-state index contributed by atoms with van der Waals surface area (Å²) in [7, 11) is -3.80. The van der Waals surface area contributed by atoms with Crippen LogP contribution in [0.4, 0.5) is 5.13 Å². The van der Waals surface area contributed by atoms with Crippen molar-refractivity contribution in [2.75, 3.05) is 4.72 Å². The second-order valence-electron chi connectivity index (χ2n) is 4.98. The number of hydrogen-bond acceptors (Lipinski definition) is 6. The Morgan fingerprint density at radius 1 is 1.38 bits per heavy atom. The lowest BCUT2D eigenvalue weighted by Crippen LogP contribution is -2.15. The summed E-state index contributed by atoms with van der Waals surface area (Å²) in [6.45, 7) is 1.17. The van der Waals surface area contributed by atoms with Gasteiger partial charge in [0.05, 0.1) is 18.0 Å². The molecular weight excluding hydrogens is 312 g/mol. The van der Waals surface area contributed by atoms with E-state index in [4.69, 9.17) is 0 Å². The summed E-state index contributed by atoms with van der Waals surface area (Å²) in [5.74, 6) is 0. The van der Waals surface area contributed by atoms with Gasteiger partial charge in [0.15, 0.2) is 5.13 Å². The van der Waals surface area contributed by atoms with Crippen LogP contribution in [0.25, 0.3) is 0 Å². The molecule has 0 spiro atoms. The molecule has 1 aliphatic rings. The van der Waals surface area contributed by atoms with E-state index < -0.39 is 16.6 Å². The van der Waals surface area contributed by atoms with E-state index >= 15 is 0 Å². The Bertz CT molecular complexity index is 740. The fourth-order valence-corrected chi connectivity index (χ4v) is 5.14. The third-order valence-electron chi connectivity index (χ3n) is 3.45. The molecule has 0 bridgehead atoms. The summed E-state index contributed by atoms with van der Waals surface area (Å²) in [6.07, 6.45) is 4.08. The van der Waals surface area contributed by atoms with Crippen LogP contribution in [0, 0.1) is 6.92 Å². The Morgan fingerprint density at radius 3 is 2.86 bits per heavy atom. The van der Waals surface area contributed by atoms with Gasteiger partial charge in [0.25, 0.3) is 10.0 Å². The van der Waals surface area contributed by atoms with Gasteiger partial charge in [-0.2, -0.15) is 5.10 Å². The molecule has 9 heteroatoms. The third-order valence-corrected chi connectivity index (χ3v) is 6.19. The molecule has 3 rings (SSSR count). The van der Waals surface area contributed by atoms with E-state index in [0.29, 0.717) is 10.8 Å². The lowest BCUT2D eigenvalue weighted by atomic mass is 10.0. The average molecular weight is 328 g/mol. The lowest BCUT2D eigenvalue weighted by Gasteiger charge is -2.06. The molecule has 0 radical (unpaired) electrons. The van der Waals surface area contributed by atoms with Crippen LogP contribution in [0.1, 0.15) is 34.8 Å². The molecule has 0 saturated heterocycles. The predicted octanol–water partition coefficient (Wildman–Crippen LogP) is 1.35. The molecule has 0 atom stereocenters. The summed E-state index contributed by atoms with van der Waals surface area (Å²) in [5, 5.41) is 16.0. The number of aryl methyl sites for hydroxylation is 3. The van der Waals surface area contributed by atoms with Gasteiger partial charge >= 0.3 is 0 Å². The van der Waals surface area contributed by atoms with Gasteiger partial charge < -0.3 is 5.11 Å². The minimum atomic E-state index is -3.80. The molecule has 2 aromatic heterocycles. The van der Waals surface area contributed by atoms with Crippen LogP contribution in [0.15, 0.2) is 4.90 Å².